The van der Waals surface area contributed by atoms with Gasteiger partial charge in [0, 0.05) is 18.3 Å². The molecule has 1 fully saturated rings. The second kappa shape index (κ2) is 6.68. The molecule has 0 aliphatic heterocycles. The Labute approximate surface area is 119 Å². The van der Waals surface area contributed by atoms with Crippen molar-refractivity contribution in [3.63, 3.8) is 0 Å². The molecule has 2 rings (SSSR count). The van der Waals surface area contributed by atoms with Crippen molar-refractivity contribution < 1.29 is 9.90 Å². The van der Waals surface area contributed by atoms with E-state index < -0.39 is 5.97 Å². The molecule has 1 heterocycles. The van der Waals surface area contributed by atoms with Crippen LogP contribution in [0.1, 0.15) is 44.1 Å². The first-order chi connectivity index (χ1) is 9.58. The Morgan fingerprint density at radius 3 is 2.65 bits per heavy atom. The molecular weight excluding hydrogens is 254 g/mol. The molecule has 2 N–H and O–H groups in total. The Bertz CT molecular complexity index is 468. The summed E-state index contributed by atoms with van der Waals surface area (Å²) >= 11 is 0. The minimum atomic E-state index is -0.643. The molecule has 0 saturated heterocycles. The fourth-order valence-electron chi connectivity index (χ4n) is 2.76. The maximum absolute atomic E-state index is 10.9. The molecule has 0 amide bonds. The lowest BCUT2D eigenvalue weighted by molar-refractivity contribution is -0.143. The van der Waals surface area contributed by atoms with Crippen molar-refractivity contribution in [2.24, 2.45) is 11.8 Å². The Morgan fingerprint density at radius 2 is 2.05 bits per heavy atom. The molecule has 5 heteroatoms. The van der Waals surface area contributed by atoms with Crippen LogP contribution >= 0.6 is 0 Å². The first-order valence-corrected chi connectivity index (χ1v) is 7.39. The molecule has 1 aliphatic rings. The SMILES string of the molecule is CCc1cc(NCC2CCC(C(=O)O)CC2)nc(C)n1. The van der Waals surface area contributed by atoms with Crippen molar-refractivity contribution in [2.75, 3.05) is 11.9 Å². The Hall–Kier alpha value is -1.65. The van der Waals surface area contributed by atoms with Crippen LogP contribution in [0.5, 0.6) is 0 Å². The fourth-order valence-corrected chi connectivity index (χ4v) is 2.76. The van der Waals surface area contributed by atoms with Gasteiger partial charge in [-0.15, -0.1) is 0 Å². The summed E-state index contributed by atoms with van der Waals surface area (Å²) in [6.45, 7) is 4.85. The van der Waals surface area contributed by atoms with Gasteiger partial charge in [-0.1, -0.05) is 6.92 Å². The maximum Gasteiger partial charge on any atom is 0.306 e. The molecule has 1 saturated carbocycles. The van der Waals surface area contributed by atoms with E-state index in [1.165, 1.54) is 0 Å². The molecule has 0 bridgehead atoms. The molecule has 0 unspecified atom stereocenters. The van der Waals surface area contributed by atoms with Gasteiger partial charge in [0.05, 0.1) is 5.92 Å². The zero-order valence-corrected chi connectivity index (χ0v) is 12.2. The number of anilines is 1. The predicted octanol–water partition coefficient (Wildman–Crippen LogP) is 2.65. The van der Waals surface area contributed by atoms with Crippen molar-refractivity contribution >= 4 is 11.8 Å². The van der Waals surface area contributed by atoms with Crippen LogP contribution < -0.4 is 5.32 Å². The van der Waals surface area contributed by atoms with Crippen molar-refractivity contribution in [3.05, 3.63) is 17.6 Å². The number of carboxylic acid groups (broad SMARTS) is 1. The average molecular weight is 277 g/mol. The highest BCUT2D eigenvalue weighted by molar-refractivity contribution is 5.70. The third-order valence-electron chi connectivity index (χ3n) is 4.02. The van der Waals surface area contributed by atoms with Gasteiger partial charge in [0.25, 0.3) is 0 Å². The van der Waals surface area contributed by atoms with Gasteiger partial charge in [0.1, 0.15) is 11.6 Å². The number of aromatic nitrogens is 2. The van der Waals surface area contributed by atoms with Gasteiger partial charge < -0.3 is 10.4 Å². The predicted molar refractivity (Wildman–Crippen MR) is 77.7 cm³/mol. The highest BCUT2D eigenvalue weighted by Crippen LogP contribution is 2.29. The number of hydrogen-bond acceptors (Lipinski definition) is 4. The smallest absolute Gasteiger partial charge is 0.306 e. The van der Waals surface area contributed by atoms with E-state index in [9.17, 15) is 4.79 Å². The lowest BCUT2D eigenvalue weighted by atomic mass is 9.82. The number of carboxylic acids is 1. The quantitative estimate of drug-likeness (QED) is 0.865. The Balaban J connectivity index is 1.84. The third-order valence-corrected chi connectivity index (χ3v) is 4.02. The van der Waals surface area contributed by atoms with E-state index in [-0.39, 0.29) is 5.92 Å². The standard InChI is InChI=1S/C15H23N3O2/c1-3-13-8-14(18-10(2)17-13)16-9-11-4-6-12(7-5-11)15(19)20/h8,11-12H,3-7,9H2,1-2H3,(H,19,20)(H,16,17,18). The highest BCUT2D eigenvalue weighted by Gasteiger charge is 2.25. The number of hydrogen-bond donors (Lipinski definition) is 2. The summed E-state index contributed by atoms with van der Waals surface area (Å²) in [6.07, 6.45) is 4.46. The molecule has 0 aromatic carbocycles. The summed E-state index contributed by atoms with van der Waals surface area (Å²) < 4.78 is 0. The van der Waals surface area contributed by atoms with E-state index in [0.29, 0.717) is 5.92 Å². The first kappa shape index (κ1) is 14.8. The fraction of sp³-hybridized carbons (Fsp3) is 0.667. The largest absolute Gasteiger partial charge is 0.481 e. The number of carbonyl (C=O) groups is 1. The molecule has 5 nitrogen and oxygen atoms in total. The van der Waals surface area contributed by atoms with Crippen LogP contribution in [0.4, 0.5) is 5.82 Å². The van der Waals surface area contributed by atoms with Crippen LogP contribution in [0.15, 0.2) is 6.07 Å². The van der Waals surface area contributed by atoms with Gasteiger partial charge in [0.15, 0.2) is 0 Å². The van der Waals surface area contributed by atoms with E-state index in [1.54, 1.807) is 0 Å². The van der Waals surface area contributed by atoms with Crippen LogP contribution in [0.25, 0.3) is 0 Å². The summed E-state index contributed by atoms with van der Waals surface area (Å²) in [7, 11) is 0. The van der Waals surface area contributed by atoms with Crippen molar-refractivity contribution in [1.29, 1.82) is 0 Å². The number of nitrogens with zero attached hydrogens (tertiary/aromatic N) is 2. The van der Waals surface area contributed by atoms with Crippen molar-refractivity contribution in [3.8, 4) is 0 Å². The van der Waals surface area contributed by atoms with Crippen LogP contribution in [0.3, 0.4) is 0 Å². The number of nitrogens with one attached hydrogen (secondary N) is 1. The molecule has 0 radical (unpaired) electrons. The van der Waals surface area contributed by atoms with E-state index >= 15 is 0 Å². The summed E-state index contributed by atoms with van der Waals surface area (Å²) in [5.74, 6) is 1.44. The highest BCUT2D eigenvalue weighted by atomic mass is 16.4. The molecule has 1 aromatic rings. The van der Waals surface area contributed by atoms with Gasteiger partial charge in [-0.05, 0) is 44.9 Å². The number of aliphatic carboxylic acids is 1. The maximum atomic E-state index is 10.9. The third kappa shape index (κ3) is 3.92. The summed E-state index contributed by atoms with van der Waals surface area (Å²) in [5.41, 5.74) is 1.05. The van der Waals surface area contributed by atoms with Gasteiger partial charge in [0.2, 0.25) is 0 Å². The lowest BCUT2D eigenvalue weighted by Crippen LogP contribution is -2.25. The summed E-state index contributed by atoms with van der Waals surface area (Å²) in [4.78, 5) is 19.7. The molecule has 0 atom stereocenters. The molecule has 20 heavy (non-hydrogen) atoms. The van der Waals surface area contributed by atoms with Crippen LogP contribution in [-0.4, -0.2) is 27.6 Å². The summed E-state index contributed by atoms with van der Waals surface area (Å²) in [5, 5.41) is 12.4. The summed E-state index contributed by atoms with van der Waals surface area (Å²) in [6, 6.07) is 2.00. The second-order valence-corrected chi connectivity index (χ2v) is 5.58. The zero-order chi connectivity index (χ0) is 14.5. The van der Waals surface area contributed by atoms with Crippen molar-refractivity contribution in [1.82, 2.24) is 9.97 Å². The van der Waals surface area contributed by atoms with E-state index in [4.69, 9.17) is 5.11 Å². The number of rotatable bonds is 5. The van der Waals surface area contributed by atoms with Crippen LogP contribution in [0, 0.1) is 18.8 Å². The Morgan fingerprint density at radius 1 is 1.35 bits per heavy atom. The van der Waals surface area contributed by atoms with Gasteiger partial charge in [-0.3, -0.25) is 4.79 Å². The van der Waals surface area contributed by atoms with Gasteiger partial charge >= 0.3 is 5.97 Å². The van der Waals surface area contributed by atoms with E-state index in [1.807, 2.05) is 13.0 Å². The molecule has 0 spiro atoms. The van der Waals surface area contributed by atoms with Gasteiger partial charge in [-0.25, -0.2) is 9.97 Å². The first-order valence-electron chi connectivity index (χ1n) is 7.39. The zero-order valence-electron chi connectivity index (χ0n) is 12.2. The monoisotopic (exact) mass is 277 g/mol. The minimum Gasteiger partial charge on any atom is -0.481 e. The minimum absolute atomic E-state index is 0.140. The topological polar surface area (TPSA) is 75.1 Å². The van der Waals surface area contributed by atoms with Gasteiger partial charge in [-0.2, -0.15) is 0 Å². The van der Waals surface area contributed by atoms with Crippen molar-refractivity contribution in [2.45, 2.75) is 46.0 Å². The van der Waals surface area contributed by atoms with Crippen LogP contribution in [0.2, 0.25) is 0 Å². The van der Waals surface area contributed by atoms with E-state index in [0.717, 1.165) is 56.0 Å². The molecule has 1 aromatic heterocycles. The van der Waals surface area contributed by atoms with Crippen LogP contribution in [-0.2, 0) is 11.2 Å². The molecule has 110 valence electrons. The molecular formula is C15H23N3O2. The lowest BCUT2D eigenvalue weighted by Gasteiger charge is -2.26. The number of aryl methyl sites for hydroxylation is 2. The molecule has 1 aliphatic carbocycles. The second-order valence-electron chi connectivity index (χ2n) is 5.58. The normalized spacial score (nSPS) is 22.5. The average Bonchev–Trinajstić information content (AvgIpc) is 2.45. The van der Waals surface area contributed by atoms with E-state index in [2.05, 4.69) is 22.2 Å². The Kier molecular flexibility index (Phi) is 4.93.